The number of nitriles is 1. The first-order valence-corrected chi connectivity index (χ1v) is 13.1. The number of H-pyrrole nitrogens is 1. The van der Waals surface area contributed by atoms with E-state index in [1.807, 2.05) is 12.1 Å². The first kappa shape index (κ1) is 24.5. The van der Waals surface area contributed by atoms with Gasteiger partial charge in [0.25, 0.3) is 5.91 Å². The molecule has 3 heterocycles. The number of hydrogen-bond acceptors (Lipinski definition) is 7. The second-order valence-electron chi connectivity index (χ2n) is 9.70. The normalized spacial score (nSPS) is 19.5. The van der Waals surface area contributed by atoms with Gasteiger partial charge in [0.1, 0.15) is 11.8 Å². The summed E-state index contributed by atoms with van der Waals surface area (Å²) in [5, 5.41) is 12.0. The molecule has 2 saturated heterocycles. The SMILES string of the molecule is N#Cc1cnc(C(=O)Nc2ccc(N3CCN(CCN4CCOCC4)CC3)cc2C2=CCCCC2)[nH]1. The van der Waals surface area contributed by atoms with Crippen molar-refractivity contribution >= 4 is 22.9 Å². The molecule has 0 spiro atoms. The molecule has 9 nitrogen and oxygen atoms in total. The molecule has 2 aromatic rings. The number of amides is 1. The summed E-state index contributed by atoms with van der Waals surface area (Å²) < 4.78 is 5.46. The highest BCUT2D eigenvalue weighted by atomic mass is 16.5. The Labute approximate surface area is 212 Å². The van der Waals surface area contributed by atoms with Gasteiger partial charge in [0.15, 0.2) is 5.82 Å². The maximum Gasteiger partial charge on any atom is 0.291 e. The van der Waals surface area contributed by atoms with Gasteiger partial charge in [-0.2, -0.15) is 5.26 Å². The van der Waals surface area contributed by atoms with Crippen LogP contribution in [0.5, 0.6) is 0 Å². The Balaban J connectivity index is 1.26. The first-order valence-electron chi connectivity index (χ1n) is 13.1. The van der Waals surface area contributed by atoms with E-state index >= 15 is 0 Å². The van der Waals surface area contributed by atoms with Crippen LogP contribution in [-0.2, 0) is 4.74 Å². The van der Waals surface area contributed by atoms with E-state index in [0.29, 0.717) is 0 Å². The van der Waals surface area contributed by atoms with E-state index in [4.69, 9.17) is 10.00 Å². The summed E-state index contributed by atoms with van der Waals surface area (Å²) in [6.45, 7) is 10.1. The molecule has 0 radical (unpaired) electrons. The van der Waals surface area contributed by atoms with Crippen LogP contribution in [0.3, 0.4) is 0 Å². The molecular weight excluding hydrogens is 454 g/mol. The lowest BCUT2D eigenvalue weighted by Gasteiger charge is -2.37. The molecule has 0 saturated carbocycles. The van der Waals surface area contributed by atoms with Crippen LogP contribution in [0.2, 0.25) is 0 Å². The minimum Gasteiger partial charge on any atom is -0.379 e. The van der Waals surface area contributed by atoms with E-state index in [2.05, 4.69) is 48.2 Å². The van der Waals surface area contributed by atoms with E-state index in [-0.39, 0.29) is 17.4 Å². The molecule has 0 atom stereocenters. The summed E-state index contributed by atoms with van der Waals surface area (Å²) in [5.74, 6) is -0.191. The summed E-state index contributed by atoms with van der Waals surface area (Å²) in [6.07, 6.45) is 8.14. The number of carbonyl (C=O) groups excluding carboxylic acids is 1. The van der Waals surface area contributed by atoms with Gasteiger partial charge in [-0.1, -0.05) is 6.08 Å². The average molecular weight is 490 g/mol. The Kier molecular flexibility index (Phi) is 7.96. The van der Waals surface area contributed by atoms with Crippen LogP contribution < -0.4 is 10.2 Å². The number of nitrogens with one attached hydrogen (secondary N) is 2. The van der Waals surface area contributed by atoms with Crippen LogP contribution in [-0.4, -0.2) is 91.2 Å². The Morgan fingerprint density at radius 3 is 2.56 bits per heavy atom. The number of morpholine rings is 1. The third kappa shape index (κ3) is 5.95. The van der Waals surface area contributed by atoms with Gasteiger partial charge >= 0.3 is 0 Å². The monoisotopic (exact) mass is 489 g/mol. The maximum atomic E-state index is 12.8. The van der Waals surface area contributed by atoms with Crippen LogP contribution >= 0.6 is 0 Å². The van der Waals surface area contributed by atoms with Crippen molar-refractivity contribution in [2.75, 3.05) is 75.8 Å². The molecule has 2 fully saturated rings. The minimum atomic E-state index is -0.337. The van der Waals surface area contributed by atoms with Gasteiger partial charge in [-0.15, -0.1) is 0 Å². The van der Waals surface area contributed by atoms with Crippen molar-refractivity contribution in [3.8, 4) is 6.07 Å². The zero-order chi connectivity index (χ0) is 24.7. The highest BCUT2D eigenvalue weighted by molar-refractivity contribution is 6.03. The topological polar surface area (TPSA) is 101 Å². The maximum absolute atomic E-state index is 12.8. The van der Waals surface area contributed by atoms with Gasteiger partial charge in [-0.05, 0) is 49.5 Å². The first-order chi connectivity index (χ1) is 17.7. The quantitative estimate of drug-likeness (QED) is 0.617. The Bertz CT molecular complexity index is 1120. The molecule has 0 unspecified atom stereocenters. The number of aromatic nitrogens is 2. The van der Waals surface area contributed by atoms with Gasteiger partial charge in [-0.25, -0.2) is 4.98 Å². The van der Waals surface area contributed by atoms with Gasteiger partial charge in [-0.3, -0.25) is 14.6 Å². The summed E-state index contributed by atoms with van der Waals surface area (Å²) in [6, 6.07) is 8.33. The summed E-state index contributed by atoms with van der Waals surface area (Å²) >= 11 is 0. The number of carbonyl (C=O) groups is 1. The van der Waals surface area contributed by atoms with E-state index < -0.39 is 0 Å². The second kappa shape index (κ2) is 11.7. The molecule has 0 bridgehead atoms. The number of benzene rings is 1. The zero-order valence-electron chi connectivity index (χ0n) is 20.8. The number of aromatic amines is 1. The minimum absolute atomic E-state index is 0.146. The van der Waals surface area contributed by atoms with Crippen molar-refractivity contribution in [3.05, 3.63) is 47.6 Å². The summed E-state index contributed by atoms with van der Waals surface area (Å²) in [5.41, 5.74) is 4.64. The Morgan fingerprint density at radius 2 is 1.86 bits per heavy atom. The summed E-state index contributed by atoms with van der Waals surface area (Å²) in [7, 11) is 0. The highest BCUT2D eigenvalue weighted by Gasteiger charge is 2.21. The highest BCUT2D eigenvalue weighted by Crippen LogP contribution is 2.35. The predicted molar refractivity (Wildman–Crippen MR) is 140 cm³/mol. The molecule has 2 N–H and O–H groups in total. The van der Waals surface area contributed by atoms with E-state index in [1.54, 1.807) is 0 Å². The van der Waals surface area contributed by atoms with Crippen molar-refractivity contribution in [2.24, 2.45) is 0 Å². The van der Waals surface area contributed by atoms with Crippen LogP contribution in [0, 0.1) is 11.3 Å². The molecule has 1 amide bonds. The molecule has 5 rings (SSSR count). The average Bonchev–Trinajstić information content (AvgIpc) is 3.43. The number of imidazole rings is 1. The lowest BCUT2D eigenvalue weighted by molar-refractivity contribution is 0.0331. The van der Waals surface area contributed by atoms with Gasteiger partial charge in [0, 0.05) is 69.3 Å². The van der Waals surface area contributed by atoms with Crippen molar-refractivity contribution in [2.45, 2.75) is 25.7 Å². The third-order valence-corrected chi connectivity index (χ3v) is 7.37. The van der Waals surface area contributed by atoms with E-state index in [0.717, 1.165) is 96.1 Å². The lowest BCUT2D eigenvalue weighted by atomic mass is 9.92. The van der Waals surface area contributed by atoms with Crippen LogP contribution in [0.25, 0.3) is 5.57 Å². The third-order valence-electron chi connectivity index (χ3n) is 7.37. The molecule has 1 aromatic heterocycles. The Hall–Kier alpha value is -3.19. The standard InChI is InChI=1S/C27H35N7O2/c28-19-22-20-29-26(30-22)27(35)31-25-7-6-23(18-24(25)21-4-2-1-3-5-21)34-12-10-32(11-13-34)8-9-33-14-16-36-17-15-33/h4,6-7,18,20H,1-3,5,8-17H2,(H,29,30)(H,31,35). The number of rotatable bonds is 7. The van der Waals surface area contributed by atoms with Gasteiger partial charge in [0.2, 0.25) is 0 Å². The van der Waals surface area contributed by atoms with Crippen LogP contribution in [0.1, 0.15) is 47.6 Å². The molecular formula is C27H35N7O2. The lowest BCUT2D eigenvalue weighted by Crippen LogP contribution is -2.49. The molecule has 2 aliphatic heterocycles. The van der Waals surface area contributed by atoms with Crippen molar-refractivity contribution in [1.82, 2.24) is 19.8 Å². The number of hydrogen-bond donors (Lipinski definition) is 2. The molecule has 190 valence electrons. The Morgan fingerprint density at radius 1 is 1.08 bits per heavy atom. The van der Waals surface area contributed by atoms with Crippen molar-refractivity contribution < 1.29 is 9.53 Å². The number of ether oxygens (including phenoxy) is 1. The molecule has 9 heteroatoms. The zero-order valence-corrected chi connectivity index (χ0v) is 20.8. The van der Waals surface area contributed by atoms with E-state index in [1.165, 1.54) is 23.9 Å². The van der Waals surface area contributed by atoms with Crippen LogP contribution in [0.15, 0.2) is 30.5 Å². The summed E-state index contributed by atoms with van der Waals surface area (Å²) in [4.78, 5) is 27.1. The number of nitrogens with zero attached hydrogens (tertiary/aromatic N) is 5. The largest absolute Gasteiger partial charge is 0.379 e. The van der Waals surface area contributed by atoms with Crippen LogP contribution in [0.4, 0.5) is 11.4 Å². The van der Waals surface area contributed by atoms with Gasteiger partial charge < -0.3 is 19.9 Å². The fourth-order valence-electron chi connectivity index (χ4n) is 5.20. The molecule has 36 heavy (non-hydrogen) atoms. The molecule has 1 aliphatic carbocycles. The fraction of sp³-hybridized carbons (Fsp3) is 0.519. The van der Waals surface area contributed by atoms with Crippen molar-refractivity contribution in [3.63, 3.8) is 0 Å². The van der Waals surface area contributed by atoms with Crippen molar-refractivity contribution in [1.29, 1.82) is 5.26 Å². The molecule has 3 aliphatic rings. The van der Waals surface area contributed by atoms with E-state index in [9.17, 15) is 4.79 Å². The second-order valence-corrected chi connectivity index (χ2v) is 9.70. The number of piperazine rings is 1. The fourth-order valence-corrected chi connectivity index (χ4v) is 5.20. The molecule has 1 aromatic carbocycles. The predicted octanol–water partition coefficient (Wildman–Crippen LogP) is 2.95. The smallest absolute Gasteiger partial charge is 0.291 e. The number of allylic oxidation sites excluding steroid dienone is 2. The number of anilines is 2. The van der Waals surface area contributed by atoms with Gasteiger partial charge in [0.05, 0.1) is 19.4 Å².